The van der Waals surface area contributed by atoms with Crippen molar-refractivity contribution < 1.29 is 22.3 Å². The van der Waals surface area contributed by atoms with E-state index in [2.05, 4.69) is 4.90 Å². The summed E-state index contributed by atoms with van der Waals surface area (Å²) in [6, 6.07) is 3.37. The standard InChI is InChI=1S/C20H28FN3O4S/c1-28-18-6-5-16(21)13-19(18)29(26,27)24-9-2-8-22(11-12-24)17-7-10-23(20(17)25)14-15-3-4-15/h5-6,13,15,17H,2-4,7-12,14H2,1H3. The molecule has 1 aromatic carbocycles. The van der Waals surface area contributed by atoms with Gasteiger partial charge in [0.15, 0.2) is 0 Å². The van der Waals surface area contributed by atoms with E-state index in [0.717, 1.165) is 25.6 Å². The summed E-state index contributed by atoms with van der Waals surface area (Å²) in [5.74, 6) is 0.367. The quantitative estimate of drug-likeness (QED) is 0.692. The first-order valence-electron chi connectivity index (χ1n) is 10.3. The van der Waals surface area contributed by atoms with Crippen molar-refractivity contribution in [3.63, 3.8) is 0 Å². The monoisotopic (exact) mass is 425 g/mol. The zero-order chi connectivity index (χ0) is 20.6. The van der Waals surface area contributed by atoms with Gasteiger partial charge in [-0.15, -0.1) is 0 Å². The number of carbonyl (C=O) groups is 1. The van der Waals surface area contributed by atoms with Gasteiger partial charge in [-0.05, 0) is 49.8 Å². The fraction of sp³-hybridized carbons (Fsp3) is 0.650. The Labute approximate surface area is 171 Å². The summed E-state index contributed by atoms with van der Waals surface area (Å²) >= 11 is 0. The number of nitrogens with zero attached hydrogens (tertiary/aromatic N) is 3. The molecule has 1 aliphatic carbocycles. The van der Waals surface area contributed by atoms with Crippen LogP contribution in [0, 0.1) is 11.7 Å². The van der Waals surface area contributed by atoms with Gasteiger partial charge in [-0.25, -0.2) is 12.8 Å². The first-order valence-corrected chi connectivity index (χ1v) is 11.7. The minimum atomic E-state index is -3.88. The largest absolute Gasteiger partial charge is 0.495 e. The van der Waals surface area contributed by atoms with Gasteiger partial charge in [-0.2, -0.15) is 4.31 Å². The Balaban J connectivity index is 1.45. The summed E-state index contributed by atoms with van der Waals surface area (Å²) in [6.07, 6.45) is 3.86. The molecule has 0 spiro atoms. The van der Waals surface area contributed by atoms with E-state index in [1.807, 2.05) is 4.90 Å². The Morgan fingerprint density at radius 1 is 1.10 bits per heavy atom. The predicted molar refractivity (Wildman–Crippen MR) is 106 cm³/mol. The molecule has 1 unspecified atom stereocenters. The second kappa shape index (κ2) is 8.20. The Kier molecular flexibility index (Phi) is 5.81. The molecule has 3 fully saturated rings. The van der Waals surface area contributed by atoms with Crippen LogP contribution in [0.15, 0.2) is 23.1 Å². The third-order valence-electron chi connectivity index (χ3n) is 6.12. The molecule has 2 heterocycles. The molecule has 2 saturated heterocycles. The third kappa shape index (κ3) is 4.27. The van der Waals surface area contributed by atoms with Crippen molar-refractivity contribution in [2.75, 3.05) is 46.4 Å². The van der Waals surface area contributed by atoms with E-state index in [9.17, 15) is 17.6 Å². The van der Waals surface area contributed by atoms with Gasteiger partial charge >= 0.3 is 0 Å². The molecule has 4 rings (SSSR count). The van der Waals surface area contributed by atoms with Gasteiger partial charge in [0.05, 0.1) is 13.2 Å². The molecule has 29 heavy (non-hydrogen) atoms. The van der Waals surface area contributed by atoms with Crippen molar-refractivity contribution in [1.29, 1.82) is 0 Å². The number of ether oxygens (including phenoxy) is 1. The van der Waals surface area contributed by atoms with E-state index in [1.165, 1.54) is 36.4 Å². The summed E-state index contributed by atoms with van der Waals surface area (Å²) < 4.78 is 46.5. The minimum absolute atomic E-state index is 0.134. The van der Waals surface area contributed by atoms with E-state index in [0.29, 0.717) is 32.0 Å². The van der Waals surface area contributed by atoms with Crippen molar-refractivity contribution >= 4 is 15.9 Å². The Morgan fingerprint density at radius 3 is 2.62 bits per heavy atom. The fourth-order valence-electron chi connectivity index (χ4n) is 4.31. The molecule has 9 heteroatoms. The van der Waals surface area contributed by atoms with Crippen LogP contribution in [0.5, 0.6) is 5.75 Å². The van der Waals surface area contributed by atoms with Gasteiger partial charge < -0.3 is 9.64 Å². The van der Waals surface area contributed by atoms with Crippen LogP contribution in [0.3, 0.4) is 0 Å². The number of rotatable bonds is 6. The smallest absolute Gasteiger partial charge is 0.246 e. The molecule has 7 nitrogen and oxygen atoms in total. The minimum Gasteiger partial charge on any atom is -0.495 e. The van der Waals surface area contributed by atoms with Crippen LogP contribution in [0.4, 0.5) is 4.39 Å². The van der Waals surface area contributed by atoms with Crippen molar-refractivity contribution in [3.8, 4) is 5.75 Å². The highest BCUT2D eigenvalue weighted by Crippen LogP contribution is 2.32. The molecule has 160 valence electrons. The van der Waals surface area contributed by atoms with E-state index >= 15 is 0 Å². The van der Waals surface area contributed by atoms with Gasteiger partial charge in [0.25, 0.3) is 0 Å². The van der Waals surface area contributed by atoms with Gasteiger partial charge in [-0.1, -0.05) is 0 Å². The molecule has 0 aromatic heterocycles. The lowest BCUT2D eigenvalue weighted by molar-refractivity contribution is -0.132. The number of methoxy groups -OCH3 is 1. The van der Waals surface area contributed by atoms with Crippen LogP contribution >= 0.6 is 0 Å². The second-order valence-corrected chi connectivity index (χ2v) is 10.0. The van der Waals surface area contributed by atoms with Crippen molar-refractivity contribution in [1.82, 2.24) is 14.1 Å². The maximum Gasteiger partial charge on any atom is 0.246 e. The highest BCUT2D eigenvalue weighted by atomic mass is 32.2. The highest BCUT2D eigenvalue weighted by molar-refractivity contribution is 7.89. The van der Waals surface area contributed by atoms with E-state index in [4.69, 9.17) is 4.74 Å². The molecular formula is C20H28FN3O4S. The topological polar surface area (TPSA) is 70.2 Å². The van der Waals surface area contributed by atoms with E-state index in [1.54, 1.807) is 0 Å². The second-order valence-electron chi connectivity index (χ2n) is 8.12. The molecule has 0 radical (unpaired) electrons. The molecule has 2 aliphatic heterocycles. The fourth-order valence-corrected chi connectivity index (χ4v) is 5.95. The molecule has 0 bridgehead atoms. The molecule has 0 N–H and O–H groups in total. The average Bonchev–Trinajstić information content (AvgIpc) is 3.49. The number of amides is 1. The van der Waals surface area contributed by atoms with Crippen LogP contribution in [0.2, 0.25) is 0 Å². The van der Waals surface area contributed by atoms with Crippen LogP contribution < -0.4 is 4.74 Å². The van der Waals surface area contributed by atoms with Gasteiger partial charge in [0.2, 0.25) is 15.9 Å². The predicted octanol–water partition coefficient (Wildman–Crippen LogP) is 1.54. The van der Waals surface area contributed by atoms with Crippen molar-refractivity contribution in [2.24, 2.45) is 5.92 Å². The number of benzene rings is 1. The Bertz CT molecular complexity index is 874. The zero-order valence-corrected chi connectivity index (χ0v) is 17.5. The summed E-state index contributed by atoms with van der Waals surface area (Å²) in [6.45, 7) is 3.44. The molecule has 3 aliphatic rings. The van der Waals surface area contributed by atoms with Crippen molar-refractivity contribution in [2.45, 2.75) is 36.6 Å². The molecule has 1 atom stereocenters. The lowest BCUT2D eigenvalue weighted by Crippen LogP contribution is -2.44. The zero-order valence-electron chi connectivity index (χ0n) is 16.7. The number of sulfonamides is 1. The van der Waals surface area contributed by atoms with Crippen LogP contribution in [-0.2, 0) is 14.8 Å². The first-order chi connectivity index (χ1) is 13.9. The van der Waals surface area contributed by atoms with Crippen LogP contribution in [-0.4, -0.2) is 80.9 Å². The average molecular weight is 426 g/mol. The van der Waals surface area contributed by atoms with E-state index < -0.39 is 15.8 Å². The van der Waals surface area contributed by atoms with Gasteiger partial charge in [-0.3, -0.25) is 9.69 Å². The normalized spacial score (nSPS) is 24.7. The SMILES string of the molecule is COc1ccc(F)cc1S(=O)(=O)N1CCCN(C2CCN(CC3CC3)C2=O)CC1. The number of carbonyl (C=O) groups excluding carboxylic acids is 1. The number of likely N-dealkylation sites (tertiary alicyclic amines) is 1. The van der Waals surface area contributed by atoms with Gasteiger partial charge in [0.1, 0.15) is 16.5 Å². The molecular weight excluding hydrogens is 397 g/mol. The summed E-state index contributed by atoms with van der Waals surface area (Å²) in [5, 5.41) is 0. The molecule has 1 saturated carbocycles. The number of halogens is 1. The Morgan fingerprint density at radius 2 is 1.90 bits per heavy atom. The lowest BCUT2D eigenvalue weighted by Gasteiger charge is -2.26. The third-order valence-corrected chi connectivity index (χ3v) is 8.04. The maximum absolute atomic E-state index is 13.7. The summed E-state index contributed by atoms with van der Waals surface area (Å²) in [4.78, 5) is 16.7. The van der Waals surface area contributed by atoms with Crippen molar-refractivity contribution in [3.05, 3.63) is 24.0 Å². The number of hydrogen-bond donors (Lipinski definition) is 0. The Hall–Kier alpha value is -1.71. The highest BCUT2D eigenvalue weighted by Gasteiger charge is 2.39. The van der Waals surface area contributed by atoms with Gasteiger partial charge in [0, 0.05) is 39.3 Å². The first kappa shape index (κ1) is 20.6. The maximum atomic E-state index is 13.7. The summed E-state index contributed by atoms with van der Waals surface area (Å²) in [7, 11) is -2.51. The molecule has 1 amide bonds. The van der Waals surface area contributed by atoms with Crippen LogP contribution in [0.25, 0.3) is 0 Å². The number of hydrogen-bond acceptors (Lipinski definition) is 5. The van der Waals surface area contributed by atoms with Crippen LogP contribution in [0.1, 0.15) is 25.7 Å². The lowest BCUT2D eigenvalue weighted by atomic mass is 10.2. The summed E-state index contributed by atoms with van der Waals surface area (Å²) in [5.41, 5.74) is 0. The molecule has 1 aromatic rings. The van der Waals surface area contributed by atoms with E-state index in [-0.39, 0.29) is 29.1 Å².